The van der Waals surface area contributed by atoms with Gasteiger partial charge in [0.15, 0.2) is 0 Å². The SMILES string of the molecule is CC(C)C(=O)NCCCC(=O)CCCCCNC(=O)CCCCCCC(=O)CCCC[C@@H]1SC[C@]2(C)NC(=O)N[C@H]12. The summed E-state index contributed by atoms with van der Waals surface area (Å²) in [5.41, 5.74) is -0.137. The second kappa shape index (κ2) is 19.2. The fourth-order valence-electron chi connectivity index (χ4n) is 5.45. The van der Waals surface area contributed by atoms with Crippen molar-refractivity contribution in [1.82, 2.24) is 21.3 Å². The lowest BCUT2D eigenvalue weighted by Gasteiger charge is -2.23. The highest BCUT2D eigenvalue weighted by Gasteiger charge is 2.51. The van der Waals surface area contributed by atoms with E-state index in [1.54, 1.807) is 0 Å². The van der Waals surface area contributed by atoms with Gasteiger partial charge in [0.25, 0.3) is 0 Å². The molecule has 2 aliphatic heterocycles. The second-order valence-corrected chi connectivity index (χ2v) is 13.5. The van der Waals surface area contributed by atoms with Crippen LogP contribution in [0.3, 0.4) is 0 Å². The van der Waals surface area contributed by atoms with Crippen LogP contribution in [-0.2, 0) is 19.2 Å². The zero-order chi connectivity index (χ0) is 30.1. The Morgan fingerprint density at radius 3 is 2.02 bits per heavy atom. The average Bonchev–Trinajstić information content (AvgIpc) is 3.39. The number of ketones is 2. The van der Waals surface area contributed by atoms with Gasteiger partial charge in [0.2, 0.25) is 11.8 Å². The van der Waals surface area contributed by atoms with E-state index < -0.39 is 0 Å². The molecule has 234 valence electrons. The summed E-state index contributed by atoms with van der Waals surface area (Å²) >= 11 is 1.92. The number of unbranched alkanes of at least 4 members (excludes halogenated alkanes) is 6. The van der Waals surface area contributed by atoms with E-state index in [1.807, 2.05) is 25.6 Å². The monoisotopic (exact) mass is 594 g/mol. The molecule has 0 saturated carbocycles. The standard InChI is InChI=1S/C31H54N4O5S/c1-23(2)29(39)33-21-13-17-25(37)15-8-6-12-20-32-27(38)19-9-5-4-7-14-24(36)16-10-11-18-26-28-31(3,22-41-26)35-30(40)34-28/h23,26,28H,4-22H2,1-3H3,(H,32,38)(H,33,39)(H2,34,35,40)/t26-,28+,31-/m0/s1. The maximum absolute atomic E-state index is 12.2. The van der Waals surface area contributed by atoms with Crippen molar-refractivity contribution in [3.63, 3.8) is 0 Å². The summed E-state index contributed by atoms with van der Waals surface area (Å²) in [7, 11) is 0. The quantitative estimate of drug-likeness (QED) is 0.0991. The van der Waals surface area contributed by atoms with Gasteiger partial charge < -0.3 is 21.3 Å². The minimum absolute atomic E-state index is 0.0248. The summed E-state index contributed by atoms with van der Waals surface area (Å²) in [6.45, 7) is 7.00. The molecule has 41 heavy (non-hydrogen) atoms. The maximum Gasteiger partial charge on any atom is 0.315 e. The van der Waals surface area contributed by atoms with Crippen LogP contribution in [0.15, 0.2) is 0 Å². The predicted molar refractivity (Wildman–Crippen MR) is 165 cm³/mol. The molecular formula is C31H54N4O5S. The predicted octanol–water partition coefficient (Wildman–Crippen LogP) is 4.81. The number of amides is 4. The molecule has 2 fully saturated rings. The second-order valence-electron chi connectivity index (χ2n) is 12.3. The first kappa shape index (κ1) is 35.1. The first-order valence-corrected chi connectivity index (χ1v) is 16.9. The molecule has 9 nitrogen and oxygen atoms in total. The van der Waals surface area contributed by atoms with Crippen LogP contribution in [0.5, 0.6) is 0 Å². The fourth-order valence-corrected chi connectivity index (χ4v) is 7.16. The van der Waals surface area contributed by atoms with E-state index in [-0.39, 0.29) is 41.1 Å². The summed E-state index contributed by atoms with van der Waals surface area (Å²) in [5, 5.41) is 12.3. The summed E-state index contributed by atoms with van der Waals surface area (Å²) in [6.07, 6.45) is 12.8. The van der Waals surface area contributed by atoms with E-state index >= 15 is 0 Å². The topological polar surface area (TPSA) is 133 Å². The van der Waals surface area contributed by atoms with Crippen LogP contribution < -0.4 is 21.3 Å². The minimum Gasteiger partial charge on any atom is -0.356 e. The third-order valence-electron chi connectivity index (χ3n) is 8.06. The lowest BCUT2D eigenvalue weighted by atomic mass is 9.92. The number of hydrogen-bond donors (Lipinski definition) is 4. The molecule has 0 aromatic heterocycles. The number of fused-ring (bicyclic) bond motifs is 1. The van der Waals surface area contributed by atoms with E-state index in [4.69, 9.17) is 0 Å². The number of thioether (sulfide) groups is 1. The normalized spacial score (nSPS) is 21.3. The van der Waals surface area contributed by atoms with Gasteiger partial charge in [-0.05, 0) is 51.9 Å². The number of hydrogen-bond acceptors (Lipinski definition) is 6. The van der Waals surface area contributed by atoms with E-state index in [0.717, 1.165) is 70.0 Å². The lowest BCUT2D eigenvalue weighted by Crippen LogP contribution is -2.47. The van der Waals surface area contributed by atoms with Gasteiger partial charge in [-0.25, -0.2) is 4.79 Å². The van der Waals surface area contributed by atoms with Gasteiger partial charge in [-0.1, -0.05) is 39.5 Å². The molecule has 0 aromatic rings. The molecule has 0 unspecified atom stereocenters. The number of carbonyl (C=O) groups excluding carboxylic acids is 5. The molecule has 3 atom stereocenters. The molecule has 10 heteroatoms. The van der Waals surface area contributed by atoms with Crippen molar-refractivity contribution < 1.29 is 24.0 Å². The molecule has 2 rings (SSSR count). The Labute approximate surface area is 251 Å². The van der Waals surface area contributed by atoms with Crippen molar-refractivity contribution >= 4 is 41.2 Å². The van der Waals surface area contributed by atoms with Crippen LogP contribution >= 0.6 is 11.8 Å². The Hall–Kier alpha value is -2.10. The molecule has 0 bridgehead atoms. The van der Waals surface area contributed by atoms with Gasteiger partial charge >= 0.3 is 6.03 Å². The summed E-state index contributed by atoms with van der Waals surface area (Å²) < 4.78 is 0. The van der Waals surface area contributed by atoms with E-state index in [9.17, 15) is 24.0 Å². The average molecular weight is 595 g/mol. The van der Waals surface area contributed by atoms with Gasteiger partial charge in [0.05, 0.1) is 11.6 Å². The Balaban J connectivity index is 1.33. The van der Waals surface area contributed by atoms with Crippen molar-refractivity contribution in [2.24, 2.45) is 5.92 Å². The zero-order valence-corrected chi connectivity index (χ0v) is 26.4. The highest BCUT2D eigenvalue weighted by molar-refractivity contribution is 8.00. The number of Topliss-reactive ketones (excluding diaryl/α,β-unsaturated/α-hetero) is 2. The van der Waals surface area contributed by atoms with Crippen LogP contribution in [0, 0.1) is 5.92 Å². The molecule has 4 amide bonds. The molecule has 4 N–H and O–H groups in total. The minimum atomic E-state index is -0.137. The van der Waals surface area contributed by atoms with Gasteiger partial charge in [-0.3, -0.25) is 19.2 Å². The molecule has 0 radical (unpaired) electrons. The molecule has 2 heterocycles. The molecule has 2 aliphatic rings. The van der Waals surface area contributed by atoms with Crippen molar-refractivity contribution in [3.8, 4) is 0 Å². The van der Waals surface area contributed by atoms with Gasteiger partial charge in [0.1, 0.15) is 11.6 Å². The third-order valence-corrected chi connectivity index (χ3v) is 9.76. The Bertz CT molecular complexity index is 867. The van der Waals surface area contributed by atoms with Crippen molar-refractivity contribution in [1.29, 1.82) is 0 Å². The Morgan fingerprint density at radius 2 is 1.37 bits per heavy atom. The number of nitrogens with one attached hydrogen (secondary N) is 4. The molecule has 0 spiro atoms. The van der Waals surface area contributed by atoms with Crippen LogP contribution in [0.4, 0.5) is 4.79 Å². The van der Waals surface area contributed by atoms with Gasteiger partial charge in [-0.15, -0.1) is 0 Å². The summed E-state index contributed by atoms with van der Waals surface area (Å²) in [4.78, 5) is 59.3. The van der Waals surface area contributed by atoms with Crippen LogP contribution in [0.25, 0.3) is 0 Å². The van der Waals surface area contributed by atoms with Crippen molar-refractivity contribution in [3.05, 3.63) is 0 Å². The van der Waals surface area contributed by atoms with Gasteiger partial charge in [0, 0.05) is 62.1 Å². The van der Waals surface area contributed by atoms with E-state index in [1.165, 1.54) is 0 Å². The van der Waals surface area contributed by atoms with Gasteiger partial charge in [-0.2, -0.15) is 11.8 Å². The van der Waals surface area contributed by atoms with Crippen LogP contribution in [0.2, 0.25) is 0 Å². The van der Waals surface area contributed by atoms with Crippen LogP contribution in [-0.4, -0.2) is 65.1 Å². The van der Waals surface area contributed by atoms with E-state index in [2.05, 4.69) is 28.2 Å². The van der Waals surface area contributed by atoms with Crippen molar-refractivity contribution in [2.75, 3.05) is 18.8 Å². The van der Waals surface area contributed by atoms with E-state index in [0.29, 0.717) is 62.6 Å². The summed E-state index contributed by atoms with van der Waals surface area (Å²) in [6, 6.07) is 0.127. The molecule has 0 aliphatic carbocycles. The summed E-state index contributed by atoms with van der Waals surface area (Å²) in [5.74, 6) is 1.58. The first-order chi connectivity index (χ1) is 19.6. The maximum atomic E-state index is 12.2. The highest BCUT2D eigenvalue weighted by Crippen LogP contribution is 2.39. The van der Waals surface area contributed by atoms with Crippen LogP contribution in [0.1, 0.15) is 124 Å². The highest BCUT2D eigenvalue weighted by atomic mass is 32.2. The third kappa shape index (κ3) is 14.1. The Kier molecular flexibility index (Phi) is 16.4. The molecule has 0 aromatic carbocycles. The number of rotatable bonds is 23. The fraction of sp³-hybridized carbons (Fsp3) is 0.839. The number of urea groups is 1. The molecular weight excluding hydrogens is 540 g/mol. The largest absolute Gasteiger partial charge is 0.356 e. The smallest absolute Gasteiger partial charge is 0.315 e. The first-order valence-electron chi connectivity index (χ1n) is 15.9. The zero-order valence-electron chi connectivity index (χ0n) is 25.6. The Morgan fingerprint density at radius 1 is 0.805 bits per heavy atom. The van der Waals surface area contributed by atoms with Crippen molar-refractivity contribution in [2.45, 2.75) is 140 Å². The lowest BCUT2D eigenvalue weighted by molar-refractivity contribution is -0.124. The number of carbonyl (C=O) groups is 5. The molecule has 2 saturated heterocycles.